The number of thioether (sulfide) groups is 1. The van der Waals surface area contributed by atoms with Crippen LogP contribution in [0.25, 0.3) is 0 Å². The Morgan fingerprint density at radius 3 is 2.79 bits per heavy atom. The Morgan fingerprint density at radius 1 is 1.53 bits per heavy atom. The fourth-order valence-corrected chi connectivity index (χ4v) is 2.19. The molecular formula is C12H15BrN2O3S. The maximum Gasteiger partial charge on any atom is 0.335 e. The minimum absolute atomic E-state index is 0.108. The normalized spacial score (nSPS) is 11.9. The van der Waals surface area contributed by atoms with E-state index in [1.807, 2.05) is 6.26 Å². The Hall–Kier alpha value is -1.05. The van der Waals surface area contributed by atoms with Crippen molar-refractivity contribution >= 4 is 45.3 Å². The molecule has 0 radical (unpaired) electrons. The number of anilines is 1. The van der Waals surface area contributed by atoms with Crippen LogP contribution in [-0.4, -0.2) is 35.0 Å². The van der Waals surface area contributed by atoms with Gasteiger partial charge in [-0.2, -0.15) is 11.8 Å². The standard InChI is InChI=1S/C12H15BrN2O3S/c1-19-5-4-9(14)11(16)15-10-6-7(12(17)18)2-3-8(10)13/h2-3,6,9H,4-5,14H2,1H3,(H,15,16)(H,17,18)/t9-/m0/s1. The maximum absolute atomic E-state index is 11.8. The fraction of sp³-hybridized carbons (Fsp3) is 0.333. The lowest BCUT2D eigenvalue weighted by Crippen LogP contribution is -2.36. The van der Waals surface area contributed by atoms with Crippen molar-refractivity contribution in [3.05, 3.63) is 28.2 Å². The highest BCUT2D eigenvalue weighted by molar-refractivity contribution is 9.10. The maximum atomic E-state index is 11.8. The zero-order valence-electron chi connectivity index (χ0n) is 10.4. The average Bonchev–Trinajstić information content (AvgIpc) is 2.38. The number of carbonyl (C=O) groups is 2. The van der Waals surface area contributed by atoms with Gasteiger partial charge in [0.05, 0.1) is 17.3 Å². The third-order valence-electron chi connectivity index (χ3n) is 2.44. The number of rotatable bonds is 6. The van der Waals surface area contributed by atoms with Crippen molar-refractivity contribution in [2.75, 3.05) is 17.3 Å². The summed E-state index contributed by atoms with van der Waals surface area (Å²) in [7, 11) is 0. The van der Waals surface area contributed by atoms with E-state index in [1.54, 1.807) is 17.8 Å². The fourth-order valence-electron chi connectivity index (χ4n) is 1.36. The Kier molecular flexibility index (Phi) is 6.33. The molecule has 1 aromatic rings. The molecule has 0 saturated carbocycles. The van der Waals surface area contributed by atoms with Crippen LogP contribution in [0.1, 0.15) is 16.8 Å². The van der Waals surface area contributed by atoms with Gasteiger partial charge in [0.1, 0.15) is 0 Å². The molecule has 104 valence electrons. The van der Waals surface area contributed by atoms with Crippen LogP contribution >= 0.6 is 27.7 Å². The second-order valence-corrected chi connectivity index (χ2v) is 5.72. The SMILES string of the molecule is CSCC[C@H](N)C(=O)Nc1cc(C(=O)O)ccc1Br. The summed E-state index contributed by atoms with van der Waals surface area (Å²) in [5.41, 5.74) is 6.26. The zero-order valence-corrected chi connectivity index (χ0v) is 12.8. The van der Waals surface area contributed by atoms with Gasteiger partial charge in [-0.1, -0.05) is 0 Å². The molecular weight excluding hydrogens is 332 g/mol. The highest BCUT2D eigenvalue weighted by atomic mass is 79.9. The number of carboxylic acids is 1. The first-order valence-corrected chi connectivity index (χ1v) is 7.72. The van der Waals surface area contributed by atoms with E-state index in [4.69, 9.17) is 10.8 Å². The Labute approximate surface area is 124 Å². The van der Waals surface area contributed by atoms with Crippen LogP contribution in [0.5, 0.6) is 0 Å². The summed E-state index contributed by atoms with van der Waals surface area (Å²) in [6.45, 7) is 0. The second kappa shape index (κ2) is 7.52. The van der Waals surface area contributed by atoms with Crippen molar-refractivity contribution in [3.63, 3.8) is 0 Å². The molecule has 5 nitrogen and oxygen atoms in total. The van der Waals surface area contributed by atoms with Gasteiger partial charge in [0.25, 0.3) is 0 Å². The average molecular weight is 347 g/mol. The van der Waals surface area contributed by atoms with Gasteiger partial charge in [0.15, 0.2) is 0 Å². The van der Waals surface area contributed by atoms with Crippen molar-refractivity contribution in [2.24, 2.45) is 5.73 Å². The molecule has 0 aromatic heterocycles. The number of hydrogen-bond donors (Lipinski definition) is 3. The van der Waals surface area contributed by atoms with Gasteiger partial charge in [0, 0.05) is 4.47 Å². The highest BCUT2D eigenvalue weighted by Gasteiger charge is 2.15. The van der Waals surface area contributed by atoms with E-state index in [1.165, 1.54) is 12.1 Å². The van der Waals surface area contributed by atoms with E-state index in [2.05, 4.69) is 21.2 Å². The van der Waals surface area contributed by atoms with Gasteiger partial charge in [-0.3, -0.25) is 4.79 Å². The van der Waals surface area contributed by atoms with E-state index < -0.39 is 12.0 Å². The number of carboxylic acid groups (broad SMARTS) is 1. The molecule has 0 bridgehead atoms. The minimum atomic E-state index is -1.05. The first kappa shape index (κ1) is 16.0. The minimum Gasteiger partial charge on any atom is -0.478 e. The molecule has 0 unspecified atom stereocenters. The van der Waals surface area contributed by atoms with Crippen molar-refractivity contribution < 1.29 is 14.7 Å². The third-order valence-corrected chi connectivity index (χ3v) is 3.78. The molecule has 0 aliphatic carbocycles. The van der Waals surface area contributed by atoms with Crippen LogP contribution in [0.4, 0.5) is 5.69 Å². The molecule has 4 N–H and O–H groups in total. The first-order chi connectivity index (χ1) is 8.95. The zero-order chi connectivity index (χ0) is 14.4. The van der Waals surface area contributed by atoms with E-state index in [-0.39, 0.29) is 11.5 Å². The number of nitrogens with one attached hydrogen (secondary N) is 1. The van der Waals surface area contributed by atoms with Crippen molar-refractivity contribution in [3.8, 4) is 0 Å². The number of halogens is 1. The molecule has 1 rings (SSSR count). The molecule has 0 spiro atoms. The molecule has 0 heterocycles. The van der Waals surface area contributed by atoms with Crippen molar-refractivity contribution in [2.45, 2.75) is 12.5 Å². The molecule has 0 fully saturated rings. The number of benzene rings is 1. The van der Waals surface area contributed by atoms with Gasteiger partial charge in [-0.05, 0) is 52.6 Å². The summed E-state index contributed by atoms with van der Waals surface area (Å²) in [6.07, 6.45) is 2.51. The Bertz CT molecular complexity index is 482. The molecule has 1 atom stereocenters. The van der Waals surface area contributed by atoms with Crippen LogP contribution in [0.2, 0.25) is 0 Å². The van der Waals surface area contributed by atoms with Gasteiger partial charge >= 0.3 is 5.97 Å². The lowest BCUT2D eigenvalue weighted by molar-refractivity contribution is -0.117. The van der Waals surface area contributed by atoms with Crippen LogP contribution in [0.15, 0.2) is 22.7 Å². The number of hydrogen-bond acceptors (Lipinski definition) is 4. The molecule has 0 aliphatic rings. The highest BCUT2D eigenvalue weighted by Crippen LogP contribution is 2.24. The quantitative estimate of drug-likeness (QED) is 0.733. The summed E-state index contributed by atoms with van der Waals surface area (Å²) >= 11 is 4.87. The van der Waals surface area contributed by atoms with Crippen LogP contribution < -0.4 is 11.1 Å². The van der Waals surface area contributed by atoms with E-state index in [9.17, 15) is 9.59 Å². The van der Waals surface area contributed by atoms with E-state index in [0.29, 0.717) is 16.6 Å². The third kappa shape index (κ3) is 4.85. The van der Waals surface area contributed by atoms with E-state index >= 15 is 0 Å². The van der Waals surface area contributed by atoms with E-state index in [0.717, 1.165) is 5.75 Å². The van der Waals surface area contributed by atoms with Crippen LogP contribution in [0, 0.1) is 0 Å². The van der Waals surface area contributed by atoms with Gasteiger partial charge < -0.3 is 16.2 Å². The Balaban J connectivity index is 2.78. The molecule has 0 saturated heterocycles. The van der Waals surface area contributed by atoms with Gasteiger partial charge in [-0.25, -0.2) is 4.79 Å². The summed E-state index contributed by atoms with van der Waals surface area (Å²) in [5.74, 6) is -0.572. The summed E-state index contributed by atoms with van der Waals surface area (Å²) in [5, 5.41) is 11.5. The van der Waals surface area contributed by atoms with Crippen molar-refractivity contribution in [1.82, 2.24) is 0 Å². The molecule has 1 amide bonds. The van der Waals surface area contributed by atoms with Gasteiger partial charge in [-0.15, -0.1) is 0 Å². The van der Waals surface area contributed by atoms with Gasteiger partial charge in [0.2, 0.25) is 5.91 Å². The second-order valence-electron chi connectivity index (χ2n) is 3.88. The molecule has 1 aromatic carbocycles. The number of carbonyl (C=O) groups excluding carboxylic acids is 1. The summed E-state index contributed by atoms with van der Waals surface area (Å²) in [6, 6.07) is 3.82. The summed E-state index contributed by atoms with van der Waals surface area (Å²) < 4.78 is 0.614. The predicted octanol–water partition coefficient (Wildman–Crippen LogP) is 2.17. The largest absolute Gasteiger partial charge is 0.478 e. The number of nitrogens with two attached hydrogens (primary N) is 1. The lowest BCUT2D eigenvalue weighted by Gasteiger charge is -2.13. The van der Waals surface area contributed by atoms with Crippen molar-refractivity contribution in [1.29, 1.82) is 0 Å². The number of amides is 1. The molecule has 7 heteroatoms. The summed E-state index contributed by atoms with van der Waals surface area (Å²) in [4.78, 5) is 22.7. The number of aromatic carboxylic acids is 1. The lowest BCUT2D eigenvalue weighted by atomic mass is 10.2. The molecule has 19 heavy (non-hydrogen) atoms. The smallest absolute Gasteiger partial charge is 0.335 e. The predicted molar refractivity (Wildman–Crippen MR) is 80.7 cm³/mol. The Morgan fingerprint density at radius 2 is 2.21 bits per heavy atom. The van der Waals surface area contributed by atoms with Crippen LogP contribution in [0.3, 0.4) is 0 Å². The monoisotopic (exact) mass is 346 g/mol. The molecule has 0 aliphatic heterocycles. The topological polar surface area (TPSA) is 92.4 Å². The first-order valence-electron chi connectivity index (χ1n) is 5.54. The van der Waals surface area contributed by atoms with Crippen LogP contribution in [-0.2, 0) is 4.79 Å².